The van der Waals surface area contributed by atoms with Crippen LogP contribution in [0.5, 0.6) is 0 Å². The third-order valence-electron chi connectivity index (χ3n) is 5.29. The number of hydrogen-bond acceptors (Lipinski definition) is 2. The molecule has 0 saturated carbocycles. The van der Waals surface area contributed by atoms with Crippen molar-refractivity contribution >= 4 is 5.91 Å². The summed E-state index contributed by atoms with van der Waals surface area (Å²) in [4.78, 5) is 14.9. The Kier molecular flexibility index (Phi) is 4.67. The highest BCUT2D eigenvalue weighted by Crippen LogP contribution is 2.37. The highest BCUT2D eigenvalue weighted by molar-refractivity contribution is 5.80. The Balaban J connectivity index is 2.02. The van der Waals surface area contributed by atoms with Crippen LogP contribution in [0.2, 0.25) is 0 Å². The summed E-state index contributed by atoms with van der Waals surface area (Å²) in [5, 5.41) is 3.41. The van der Waals surface area contributed by atoms with Crippen molar-refractivity contribution < 1.29 is 4.79 Å². The summed E-state index contributed by atoms with van der Waals surface area (Å²) in [6.07, 6.45) is 8.72. The van der Waals surface area contributed by atoms with E-state index in [2.05, 4.69) is 43.1 Å². The molecule has 1 amide bonds. The fourth-order valence-corrected chi connectivity index (χ4v) is 3.43. The number of hydrogen-bond donors (Lipinski definition) is 1. The van der Waals surface area contributed by atoms with E-state index in [1.807, 2.05) is 0 Å². The van der Waals surface area contributed by atoms with E-state index >= 15 is 0 Å². The smallest absolute Gasteiger partial charge is 0.227 e. The number of nitrogens with zero attached hydrogens (tertiary/aromatic N) is 1. The van der Waals surface area contributed by atoms with Crippen LogP contribution in [-0.2, 0) is 4.79 Å². The molecule has 1 N–H and O–H groups in total. The third kappa shape index (κ3) is 3.02. The van der Waals surface area contributed by atoms with Crippen LogP contribution in [0.3, 0.4) is 0 Å². The molecule has 3 nitrogen and oxygen atoms in total. The van der Waals surface area contributed by atoms with Gasteiger partial charge in [-0.2, -0.15) is 0 Å². The van der Waals surface area contributed by atoms with Crippen LogP contribution in [0.25, 0.3) is 0 Å². The molecule has 2 rings (SSSR count). The standard InChI is InChI=1S/C16H28N2O/c1-4-16(5-2)9-11-18(12-16)15(19)14-8-6-7-10-17-13(14)3/h6-7,13-14,17H,4-5,8-12H2,1-3H3/t13-,14+/m1/s1. The van der Waals surface area contributed by atoms with Gasteiger partial charge in [0.1, 0.15) is 0 Å². The van der Waals surface area contributed by atoms with Crippen LogP contribution in [-0.4, -0.2) is 36.5 Å². The molecule has 1 fully saturated rings. The Labute approximate surface area is 117 Å². The molecule has 0 radical (unpaired) electrons. The lowest BCUT2D eigenvalue weighted by Crippen LogP contribution is -2.44. The van der Waals surface area contributed by atoms with Crippen molar-refractivity contribution in [1.29, 1.82) is 0 Å². The highest BCUT2D eigenvalue weighted by Gasteiger charge is 2.39. The Bertz CT molecular complexity index is 347. The third-order valence-corrected chi connectivity index (χ3v) is 5.29. The van der Waals surface area contributed by atoms with Crippen molar-refractivity contribution in [2.24, 2.45) is 11.3 Å². The predicted molar refractivity (Wildman–Crippen MR) is 78.9 cm³/mol. The second kappa shape index (κ2) is 6.08. The number of carbonyl (C=O) groups is 1. The summed E-state index contributed by atoms with van der Waals surface area (Å²) in [5.74, 6) is 0.471. The monoisotopic (exact) mass is 264 g/mol. The largest absolute Gasteiger partial charge is 0.342 e. The first-order chi connectivity index (χ1) is 9.12. The van der Waals surface area contributed by atoms with Crippen LogP contribution in [0.1, 0.15) is 46.5 Å². The summed E-state index contributed by atoms with van der Waals surface area (Å²) in [6, 6.07) is 0.278. The van der Waals surface area contributed by atoms with Crippen molar-refractivity contribution in [2.45, 2.75) is 52.5 Å². The fraction of sp³-hybridized carbons (Fsp3) is 0.812. The average Bonchev–Trinajstić information content (AvgIpc) is 2.76. The zero-order chi connectivity index (χ0) is 13.9. The normalized spacial score (nSPS) is 30.4. The van der Waals surface area contributed by atoms with Gasteiger partial charge in [0.25, 0.3) is 0 Å². The number of rotatable bonds is 3. The van der Waals surface area contributed by atoms with E-state index in [4.69, 9.17) is 0 Å². The molecule has 0 aromatic rings. The van der Waals surface area contributed by atoms with Gasteiger partial charge in [-0.25, -0.2) is 0 Å². The van der Waals surface area contributed by atoms with Crippen molar-refractivity contribution in [3.63, 3.8) is 0 Å². The molecule has 2 heterocycles. The number of likely N-dealkylation sites (tertiary alicyclic amines) is 1. The molecule has 2 aliphatic heterocycles. The minimum absolute atomic E-state index is 0.114. The predicted octanol–water partition coefficient (Wildman–Crippen LogP) is 2.58. The van der Waals surface area contributed by atoms with Crippen molar-refractivity contribution in [3.05, 3.63) is 12.2 Å². The van der Waals surface area contributed by atoms with E-state index in [1.54, 1.807) is 0 Å². The number of allylic oxidation sites excluding steroid dienone is 1. The van der Waals surface area contributed by atoms with Crippen molar-refractivity contribution in [2.75, 3.05) is 19.6 Å². The first-order valence-electron chi connectivity index (χ1n) is 7.79. The van der Waals surface area contributed by atoms with Gasteiger partial charge in [0.15, 0.2) is 0 Å². The topological polar surface area (TPSA) is 32.3 Å². The number of nitrogens with one attached hydrogen (secondary N) is 1. The molecule has 0 aromatic carbocycles. The van der Waals surface area contributed by atoms with Crippen LogP contribution in [0, 0.1) is 11.3 Å². The van der Waals surface area contributed by atoms with Gasteiger partial charge in [0.05, 0.1) is 5.92 Å². The lowest BCUT2D eigenvalue weighted by molar-refractivity contribution is -0.135. The van der Waals surface area contributed by atoms with E-state index in [1.165, 1.54) is 19.3 Å². The van der Waals surface area contributed by atoms with Gasteiger partial charge in [-0.1, -0.05) is 26.0 Å². The summed E-state index contributed by atoms with van der Waals surface area (Å²) >= 11 is 0. The van der Waals surface area contributed by atoms with Gasteiger partial charge in [-0.3, -0.25) is 4.79 Å². The lowest BCUT2D eigenvalue weighted by Gasteiger charge is -2.29. The maximum atomic E-state index is 12.7. The zero-order valence-electron chi connectivity index (χ0n) is 12.6. The van der Waals surface area contributed by atoms with Gasteiger partial charge in [-0.15, -0.1) is 0 Å². The SMILES string of the molecule is CCC1(CC)CCN(C(=O)[C@H]2CC=CCN[C@@H]2C)C1. The lowest BCUT2D eigenvalue weighted by atomic mass is 9.82. The van der Waals surface area contributed by atoms with Crippen molar-refractivity contribution in [3.8, 4) is 0 Å². The number of amides is 1. The highest BCUT2D eigenvalue weighted by atomic mass is 16.2. The molecule has 0 spiro atoms. The first-order valence-corrected chi connectivity index (χ1v) is 7.79. The van der Waals surface area contributed by atoms with Gasteiger partial charge in [0.2, 0.25) is 5.91 Å². The first kappa shape index (κ1) is 14.6. The summed E-state index contributed by atoms with van der Waals surface area (Å²) in [6.45, 7) is 9.46. The van der Waals surface area contributed by atoms with Crippen LogP contribution in [0.15, 0.2) is 12.2 Å². The Morgan fingerprint density at radius 2 is 2.11 bits per heavy atom. The second-order valence-corrected chi connectivity index (χ2v) is 6.23. The zero-order valence-corrected chi connectivity index (χ0v) is 12.6. The van der Waals surface area contributed by atoms with Gasteiger partial charge in [-0.05, 0) is 38.0 Å². The number of carbonyl (C=O) groups excluding carboxylic acids is 1. The Morgan fingerprint density at radius 1 is 1.37 bits per heavy atom. The van der Waals surface area contributed by atoms with Gasteiger partial charge in [0, 0.05) is 25.7 Å². The minimum atomic E-state index is 0.114. The summed E-state index contributed by atoms with van der Waals surface area (Å²) in [7, 11) is 0. The van der Waals surface area contributed by atoms with E-state index in [9.17, 15) is 4.79 Å². The molecule has 0 bridgehead atoms. The van der Waals surface area contributed by atoms with E-state index in [0.29, 0.717) is 11.3 Å². The van der Waals surface area contributed by atoms with E-state index in [-0.39, 0.29) is 12.0 Å². The van der Waals surface area contributed by atoms with E-state index in [0.717, 1.165) is 26.1 Å². The van der Waals surface area contributed by atoms with Crippen LogP contribution >= 0.6 is 0 Å². The molecule has 0 aliphatic carbocycles. The molecule has 108 valence electrons. The maximum absolute atomic E-state index is 12.7. The van der Waals surface area contributed by atoms with Crippen LogP contribution < -0.4 is 5.32 Å². The molecule has 0 unspecified atom stereocenters. The van der Waals surface area contributed by atoms with Gasteiger partial charge >= 0.3 is 0 Å². The molecule has 19 heavy (non-hydrogen) atoms. The summed E-state index contributed by atoms with van der Waals surface area (Å²) < 4.78 is 0. The van der Waals surface area contributed by atoms with Crippen LogP contribution in [0.4, 0.5) is 0 Å². The summed E-state index contributed by atoms with van der Waals surface area (Å²) in [5.41, 5.74) is 0.382. The van der Waals surface area contributed by atoms with Crippen molar-refractivity contribution in [1.82, 2.24) is 10.2 Å². The Morgan fingerprint density at radius 3 is 2.74 bits per heavy atom. The molecule has 1 saturated heterocycles. The molecule has 2 atom stereocenters. The molecule has 3 heteroatoms. The molecular weight excluding hydrogens is 236 g/mol. The quantitative estimate of drug-likeness (QED) is 0.795. The molecule has 2 aliphatic rings. The maximum Gasteiger partial charge on any atom is 0.227 e. The molecule has 0 aromatic heterocycles. The Hall–Kier alpha value is -0.830. The van der Waals surface area contributed by atoms with Gasteiger partial charge < -0.3 is 10.2 Å². The minimum Gasteiger partial charge on any atom is -0.342 e. The fourth-order valence-electron chi connectivity index (χ4n) is 3.43. The van der Waals surface area contributed by atoms with E-state index < -0.39 is 0 Å². The molecular formula is C16H28N2O. The second-order valence-electron chi connectivity index (χ2n) is 6.23. The average molecular weight is 264 g/mol.